The summed E-state index contributed by atoms with van der Waals surface area (Å²) in [4.78, 5) is 5.08. The van der Waals surface area contributed by atoms with Crippen LogP contribution in [0, 0.1) is 0 Å². The van der Waals surface area contributed by atoms with Crippen LogP contribution in [0.1, 0.15) is 29.1 Å². The lowest BCUT2D eigenvalue weighted by Gasteiger charge is -2.29. The number of rotatable bonds is 2. The lowest BCUT2D eigenvalue weighted by Crippen LogP contribution is -2.18. The Morgan fingerprint density at radius 1 is 1.50 bits per heavy atom. The monoisotopic (exact) mass is 263 g/mol. The maximum atomic E-state index is 10.2. The number of hydrogen-bond donors (Lipinski definition) is 1. The summed E-state index contributed by atoms with van der Waals surface area (Å²) in [7, 11) is 1.61. The van der Waals surface area contributed by atoms with Crippen LogP contribution in [0.2, 0.25) is 0 Å². The number of hydrogen-bond acceptors (Lipinski definition) is 5. The number of ether oxygens (including phenoxy) is 2. The molecule has 1 aliphatic heterocycles. The number of methoxy groups -OCH3 is 1. The zero-order chi connectivity index (χ0) is 12.5. The second-order valence-electron chi connectivity index (χ2n) is 4.17. The Hall–Kier alpha value is -1.59. The number of aliphatic hydroxyl groups is 1. The fourth-order valence-corrected chi connectivity index (χ4v) is 2.77. The number of aliphatic hydroxyl groups excluding tert-OH is 1. The van der Waals surface area contributed by atoms with Crippen LogP contribution in [-0.4, -0.2) is 17.2 Å². The SMILES string of the molecule is COc1ccc2c(c1)[C@H](O)CC(c1cncs1)O2. The lowest BCUT2D eigenvalue weighted by atomic mass is 9.98. The quantitative estimate of drug-likeness (QED) is 0.905. The van der Waals surface area contributed by atoms with Crippen LogP contribution in [0.15, 0.2) is 29.9 Å². The van der Waals surface area contributed by atoms with Crippen LogP contribution in [0.3, 0.4) is 0 Å². The first-order valence-corrected chi connectivity index (χ1v) is 6.57. The molecular weight excluding hydrogens is 250 g/mol. The third-order valence-electron chi connectivity index (χ3n) is 3.05. The molecule has 1 aromatic heterocycles. The summed E-state index contributed by atoms with van der Waals surface area (Å²) in [5.74, 6) is 1.44. The van der Waals surface area contributed by atoms with Gasteiger partial charge in [-0.05, 0) is 18.2 Å². The molecule has 0 radical (unpaired) electrons. The van der Waals surface area contributed by atoms with Gasteiger partial charge in [-0.3, -0.25) is 4.98 Å². The molecule has 4 nitrogen and oxygen atoms in total. The van der Waals surface area contributed by atoms with Crippen molar-refractivity contribution < 1.29 is 14.6 Å². The van der Waals surface area contributed by atoms with Gasteiger partial charge in [-0.25, -0.2) is 0 Å². The van der Waals surface area contributed by atoms with Crippen molar-refractivity contribution in [1.82, 2.24) is 4.98 Å². The van der Waals surface area contributed by atoms with Crippen molar-refractivity contribution in [3.8, 4) is 11.5 Å². The molecule has 0 spiro atoms. The van der Waals surface area contributed by atoms with Crippen molar-refractivity contribution in [2.24, 2.45) is 0 Å². The van der Waals surface area contributed by atoms with Gasteiger partial charge in [-0.1, -0.05) is 0 Å². The molecule has 94 valence electrons. The Morgan fingerprint density at radius 3 is 3.11 bits per heavy atom. The zero-order valence-electron chi connectivity index (χ0n) is 9.87. The third-order valence-corrected chi connectivity index (χ3v) is 3.92. The number of aromatic nitrogens is 1. The van der Waals surface area contributed by atoms with Gasteiger partial charge in [0.05, 0.1) is 23.6 Å². The minimum absolute atomic E-state index is 0.117. The molecule has 3 rings (SSSR count). The van der Waals surface area contributed by atoms with E-state index in [9.17, 15) is 5.11 Å². The van der Waals surface area contributed by atoms with Gasteiger partial charge in [0, 0.05) is 18.2 Å². The number of fused-ring (bicyclic) bond motifs is 1. The predicted molar refractivity (Wildman–Crippen MR) is 68.1 cm³/mol. The Morgan fingerprint density at radius 2 is 2.39 bits per heavy atom. The van der Waals surface area contributed by atoms with Gasteiger partial charge in [0.15, 0.2) is 0 Å². The van der Waals surface area contributed by atoms with E-state index in [0.717, 1.165) is 16.2 Å². The summed E-state index contributed by atoms with van der Waals surface area (Å²) in [6, 6.07) is 5.49. The summed E-state index contributed by atoms with van der Waals surface area (Å²) in [6.45, 7) is 0. The summed E-state index contributed by atoms with van der Waals surface area (Å²) in [5, 5.41) is 10.2. The Bertz CT molecular complexity index is 541. The van der Waals surface area contributed by atoms with Crippen molar-refractivity contribution in [3.05, 3.63) is 40.3 Å². The Kier molecular flexibility index (Phi) is 2.93. The molecule has 1 aliphatic rings. The number of benzene rings is 1. The highest BCUT2D eigenvalue weighted by Gasteiger charge is 2.29. The van der Waals surface area contributed by atoms with E-state index in [1.54, 1.807) is 30.2 Å². The van der Waals surface area contributed by atoms with E-state index in [-0.39, 0.29) is 6.10 Å². The van der Waals surface area contributed by atoms with Gasteiger partial charge < -0.3 is 14.6 Å². The van der Waals surface area contributed by atoms with Crippen molar-refractivity contribution in [2.45, 2.75) is 18.6 Å². The summed E-state index contributed by atoms with van der Waals surface area (Å²) >= 11 is 1.54. The first-order valence-electron chi connectivity index (χ1n) is 5.69. The van der Waals surface area contributed by atoms with Crippen molar-refractivity contribution >= 4 is 11.3 Å². The van der Waals surface area contributed by atoms with E-state index in [4.69, 9.17) is 9.47 Å². The van der Waals surface area contributed by atoms with E-state index < -0.39 is 6.10 Å². The molecule has 1 unspecified atom stereocenters. The zero-order valence-corrected chi connectivity index (χ0v) is 10.7. The molecule has 1 aromatic carbocycles. The minimum Gasteiger partial charge on any atom is -0.497 e. The number of nitrogens with zero attached hydrogens (tertiary/aromatic N) is 1. The van der Waals surface area contributed by atoms with Crippen LogP contribution in [-0.2, 0) is 0 Å². The molecule has 0 aliphatic carbocycles. The van der Waals surface area contributed by atoms with Gasteiger partial charge in [0.1, 0.15) is 17.6 Å². The molecule has 1 N–H and O–H groups in total. The van der Waals surface area contributed by atoms with Crippen LogP contribution < -0.4 is 9.47 Å². The molecule has 2 heterocycles. The largest absolute Gasteiger partial charge is 0.497 e. The van der Waals surface area contributed by atoms with Crippen LogP contribution in [0.4, 0.5) is 0 Å². The topological polar surface area (TPSA) is 51.6 Å². The average Bonchev–Trinajstić information content (AvgIpc) is 2.92. The maximum Gasteiger partial charge on any atom is 0.137 e. The fraction of sp³-hybridized carbons (Fsp3) is 0.308. The fourth-order valence-electron chi connectivity index (χ4n) is 2.11. The summed E-state index contributed by atoms with van der Waals surface area (Å²) in [6.07, 6.45) is 1.68. The lowest BCUT2D eigenvalue weighted by molar-refractivity contribution is 0.0670. The Labute approximate surface area is 109 Å². The van der Waals surface area contributed by atoms with E-state index in [2.05, 4.69) is 4.98 Å². The van der Waals surface area contributed by atoms with Gasteiger partial charge in [-0.15, -0.1) is 11.3 Å². The average molecular weight is 263 g/mol. The first kappa shape index (κ1) is 11.5. The highest BCUT2D eigenvalue weighted by atomic mass is 32.1. The van der Waals surface area contributed by atoms with Crippen LogP contribution >= 0.6 is 11.3 Å². The van der Waals surface area contributed by atoms with Crippen molar-refractivity contribution in [2.75, 3.05) is 7.11 Å². The Balaban J connectivity index is 1.93. The highest BCUT2D eigenvalue weighted by molar-refractivity contribution is 7.09. The van der Waals surface area contributed by atoms with E-state index in [1.807, 2.05) is 18.2 Å². The molecule has 2 atom stereocenters. The summed E-state index contributed by atoms with van der Waals surface area (Å²) in [5.41, 5.74) is 2.56. The molecule has 0 fully saturated rings. The molecule has 0 saturated carbocycles. The van der Waals surface area contributed by atoms with Crippen molar-refractivity contribution in [3.63, 3.8) is 0 Å². The van der Waals surface area contributed by atoms with Gasteiger partial charge in [-0.2, -0.15) is 0 Å². The first-order chi connectivity index (χ1) is 8.78. The van der Waals surface area contributed by atoms with Crippen molar-refractivity contribution in [1.29, 1.82) is 0 Å². The van der Waals surface area contributed by atoms with E-state index in [0.29, 0.717) is 12.2 Å². The molecule has 0 saturated heterocycles. The third kappa shape index (κ3) is 1.95. The maximum absolute atomic E-state index is 10.2. The minimum atomic E-state index is -0.532. The van der Waals surface area contributed by atoms with E-state index >= 15 is 0 Å². The molecular formula is C13H13NO3S. The standard InChI is InChI=1S/C13H13NO3S/c1-16-8-2-3-11-9(4-8)10(15)5-12(17-11)13-6-14-7-18-13/h2-4,6-7,10,12,15H,5H2,1H3/t10-,12?/m1/s1. The van der Waals surface area contributed by atoms with Gasteiger partial charge in [0.2, 0.25) is 0 Å². The molecule has 18 heavy (non-hydrogen) atoms. The summed E-state index contributed by atoms with van der Waals surface area (Å²) < 4.78 is 11.1. The molecule has 5 heteroatoms. The molecule has 0 amide bonds. The number of thiazole rings is 1. The smallest absolute Gasteiger partial charge is 0.137 e. The normalized spacial score (nSPS) is 22.1. The second-order valence-corrected chi connectivity index (χ2v) is 5.08. The van der Waals surface area contributed by atoms with Gasteiger partial charge in [0.25, 0.3) is 0 Å². The molecule has 2 aromatic rings. The van der Waals surface area contributed by atoms with Crippen LogP contribution in [0.25, 0.3) is 0 Å². The molecule has 0 bridgehead atoms. The van der Waals surface area contributed by atoms with Crippen LogP contribution in [0.5, 0.6) is 11.5 Å². The highest BCUT2D eigenvalue weighted by Crippen LogP contribution is 2.42. The van der Waals surface area contributed by atoms with E-state index in [1.165, 1.54) is 0 Å². The van der Waals surface area contributed by atoms with Gasteiger partial charge >= 0.3 is 0 Å². The second kappa shape index (κ2) is 4.59. The predicted octanol–water partition coefficient (Wildman–Crippen LogP) is 2.71.